The Balaban J connectivity index is 1.34. The predicted molar refractivity (Wildman–Crippen MR) is 116 cm³/mol. The second kappa shape index (κ2) is 7.55. The molecule has 0 atom stereocenters. The van der Waals surface area contributed by atoms with E-state index in [1.54, 1.807) is 12.3 Å². The molecule has 3 heterocycles. The topological polar surface area (TPSA) is 80.1 Å². The van der Waals surface area contributed by atoms with Gasteiger partial charge in [-0.2, -0.15) is 0 Å². The van der Waals surface area contributed by atoms with Crippen molar-refractivity contribution in [3.63, 3.8) is 0 Å². The van der Waals surface area contributed by atoms with E-state index in [4.69, 9.17) is 0 Å². The number of hydrogen-bond acceptors (Lipinski definition) is 4. The Morgan fingerprint density at radius 1 is 1.13 bits per heavy atom. The molecule has 5 rings (SSSR count). The second-order valence-corrected chi connectivity index (χ2v) is 8.26. The van der Waals surface area contributed by atoms with Crippen molar-refractivity contribution < 1.29 is 9.59 Å². The van der Waals surface area contributed by atoms with E-state index in [9.17, 15) is 9.59 Å². The molecule has 1 aliphatic heterocycles. The number of rotatable bonds is 4. The Morgan fingerprint density at radius 2 is 1.97 bits per heavy atom. The number of fused-ring (bicyclic) bond motifs is 1. The third kappa shape index (κ3) is 3.34. The van der Waals surface area contributed by atoms with Gasteiger partial charge in [-0.05, 0) is 56.0 Å². The van der Waals surface area contributed by atoms with E-state index in [0.717, 1.165) is 48.2 Å². The van der Waals surface area contributed by atoms with Gasteiger partial charge in [0.15, 0.2) is 5.65 Å². The molecule has 0 unspecified atom stereocenters. The van der Waals surface area contributed by atoms with E-state index >= 15 is 0 Å². The zero-order valence-electron chi connectivity index (χ0n) is 17.1. The minimum atomic E-state index is -0.218. The summed E-state index contributed by atoms with van der Waals surface area (Å²) in [4.78, 5) is 35.6. The number of pyridine rings is 1. The lowest BCUT2D eigenvalue weighted by atomic mass is 10.1. The molecule has 7 heteroatoms. The number of anilines is 2. The molecule has 1 aliphatic carbocycles. The normalized spacial score (nSPS) is 17.2. The summed E-state index contributed by atoms with van der Waals surface area (Å²) < 4.78 is 2.14. The fourth-order valence-electron chi connectivity index (χ4n) is 4.63. The Bertz CT molecular complexity index is 1130. The minimum Gasteiger partial charge on any atom is -0.322 e. The van der Waals surface area contributed by atoms with Crippen LogP contribution in [0.3, 0.4) is 0 Å². The van der Waals surface area contributed by atoms with Crippen molar-refractivity contribution in [1.82, 2.24) is 14.5 Å². The van der Waals surface area contributed by atoms with Crippen molar-refractivity contribution >= 4 is 34.4 Å². The fourth-order valence-corrected chi connectivity index (χ4v) is 4.63. The van der Waals surface area contributed by atoms with Gasteiger partial charge in [0.1, 0.15) is 5.52 Å². The smallest absolute Gasteiger partial charge is 0.257 e. The lowest BCUT2D eigenvalue weighted by Gasteiger charge is -2.19. The highest BCUT2D eigenvalue weighted by Gasteiger charge is 2.23. The van der Waals surface area contributed by atoms with Gasteiger partial charge in [-0.1, -0.05) is 12.8 Å². The first-order valence-electron chi connectivity index (χ1n) is 10.6. The molecule has 7 nitrogen and oxygen atoms in total. The van der Waals surface area contributed by atoms with Crippen LogP contribution < -0.4 is 10.2 Å². The molecule has 1 saturated heterocycles. The Kier molecular flexibility index (Phi) is 4.73. The molecule has 30 heavy (non-hydrogen) atoms. The van der Waals surface area contributed by atoms with Crippen molar-refractivity contribution in [2.45, 2.75) is 51.5 Å². The lowest BCUT2D eigenvalue weighted by Crippen LogP contribution is -2.24. The molecular formula is C23H25N5O2. The molecule has 1 aromatic carbocycles. The van der Waals surface area contributed by atoms with E-state index in [1.807, 2.05) is 36.4 Å². The molecule has 0 bridgehead atoms. The number of benzene rings is 1. The van der Waals surface area contributed by atoms with Gasteiger partial charge in [0.25, 0.3) is 5.91 Å². The molecular weight excluding hydrogens is 378 g/mol. The van der Waals surface area contributed by atoms with Gasteiger partial charge in [-0.3, -0.25) is 9.59 Å². The minimum absolute atomic E-state index is 0.159. The first kappa shape index (κ1) is 18.8. The molecule has 1 N–H and O–H groups in total. The maximum absolute atomic E-state index is 12.8. The van der Waals surface area contributed by atoms with Gasteiger partial charge in [-0.25, -0.2) is 9.97 Å². The van der Waals surface area contributed by atoms with Crippen LogP contribution in [0.25, 0.3) is 11.2 Å². The lowest BCUT2D eigenvalue weighted by molar-refractivity contribution is -0.117. The molecule has 2 aliphatic rings. The maximum Gasteiger partial charge on any atom is 0.257 e. The quantitative estimate of drug-likeness (QED) is 0.707. The van der Waals surface area contributed by atoms with Crippen molar-refractivity contribution in [2.24, 2.45) is 0 Å². The zero-order valence-corrected chi connectivity index (χ0v) is 17.1. The standard InChI is InChI=1S/C23H25N5O2/c1-15-11-17(8-9-20(15)27-10-4-7-21(27)29)26-23(30)16-12-19-22(24-13-16)28(14-25-19)18-5-2-3-6-18/h8-9,11-14,18H,2-7,10H2,1H3,(H,26,30). The van der Waals surface area contributed by atoms with Crippen LogP contribution in [-0.4, -0.2) is 32.9 Å². The number of carbonyl (C=O) groups is 2. The number of aryl methyl sites for hydroxylation is 1. The molecule has 0 radical (unpaired) electrons. The maximum atomic E-state index is 12.8. The van der Waals surface area contributed by atoms with Gasteiger partial charge < -0.3 is 14.8 Å². The molecule has 154 valence electrons. The molecule has 2 fully saturated rings. The molecule has 3 aromatic rings. The number of aromatic nitrogens is 3. The number of carbonyl (C=O) groups excluding carboxylic acids is 2. The van der Waals surface area contributed by atoms with Crippen molar-refractivity contribution in [2.75, 3.05) is 16.8 Å². The van der Waals surface area contributed by atoms with Crippen LogP contribution in [0.1, 0.15) is 60.5 Å². The highest BCUT2D eigenvalue weighted by Crippen LogP contribution is 2.32. The number of nitrogens with zero attached hydrogens (tertiary/aromatic N) is 4. The third-order valence-electron chi connectivity index (χ3n) is 6.21. The van der Waals surface area contributed by atoms with E-state index in [1.165, 1.54) is 12.8 Å². The Hall–Kier alpha value is -3.22. The van der Waals surface area contributed by atoms with Crippen LogP contribution in [0.5, 0.6) is 0 Å². The first-order valence-corrected chi connectivity index (χ1v) is 10.6. The van der Waals surface area contributed by atoms with Gasteiger partial charge in [-0.15, -0.1) is 0 Å². The number of nitrogens with one attached hydrogen (secondary N) is 1. The average molecular weight is 403 g/mol. The van der Waals surface area contributed by atoms with Crippen molar-refractivity contribution in [3.8, 4) is 0 Å². The monoisotopic (exact) mass is 403 g/mol. The van der Waals surface area contributed by atoms with Crippen LogP contribution in [0, 0.1) is 6.92 Å². The summed E-state index contributed by atoms with van der Waals surface area (Å²) in [6.45, 7) is 2.71. The number of hydrogen-bond donors (Lipinski definition) is 1. The predicted octanol–water partition coefficient (Wildman–Crippen LogP) is 4.23. The van der Waals surface area contributed by atoms with Crippen LogP contribution in [0.4, 0.5) is 11.4 Å². The third-order valence-corrected chi connectivity index (χ3v) is 6.21. The highest BCUT2D eigenvalue weighted by atomic mass is 16.2. The van der Waals surface area contributed by atoms with Crippen LogP contribution in [-0.2, 0) is 4.79 Å². The molecule has 1 saturated carbocycles. The Labute approximate surface area is 175 Å². The summed E-state index contributed by atoms with van der Waals surface area (Å²) in [6, 6.07) is 7.91. The number of amides is 2. The molecule has 0 spiro atoms. The van der Waals surface area contributed by atoms with Crippen molar-refractivity contribution in [1.29, 1.82) is 0 Å². The summed E-state index contributed by atoms with van der Waals surface area (Å²) in [5.41, 5.74) is 4.64. The molecule has 2 amide bonds. The van der Waals surface area contributed by atoms with Gasteiger partial charge >= 0.3 is 0 Å². The zero-order chi connectivity index (χ0) is 20.7. The first-order chi connectivity index (χ1) is 14.6. The van der Waals surface area contributed by atoms with E-state index in [-0.39, 0.29) is 11.8 Å². The summed E-state index contributed by atoms with van der Waals surface area (Å²) in [5.74, 6) is -0.0597. The number of imidazole rings is 1. The summed E-state index contributed by atoms with van der Waals surface area (Å²) >= 11 is 0. The Morgan fingerprint density at radius 3 is 2.70 bits per heavy atom. The van der Waals surface area contributed by atoms with Crippen LogP contribution in [0.15, 0.2) is 36.8 Å². The fraction of sp³-hybridized carbons (Fsp3) is 0.391. The summed E-state index contributed by atoms with van der Waals surface area (Å²) in [7, 11) is 0. The van der Waals surface area contributed by atoms with Crippen molar-refractivity contribution in [3.05, 3.63) is 47.9 Å². The van der Waals surface area contributed by atoms with Gasteiger partial charge in [0, 0.05) is 36.6 Å². The second-order valence-electron chi connectivity index (χ2n) is 8.26. The van der Waals surface area contributed by atoms with E-state index in [2.05, 4.69) is 19.9 Å². The van der Waals surface area contributed by atoms with Gasteiger partial charge in [0.05, 0.1) is 11.9 Å². The van der Waals surface area contributed by atoms with Gasteiger partial charge in [0.2, 0.25) is 5.91 Å². The average Bonchev–Trinajstić information content (AvgIpc) is 3.48. The van der Waals surface area contributed by atoms with Crippen LogP contribution in [0.2, 0.25) is 0 Å². The summed E-state index contributed by atoms with van der Waals surface area (Å²) in [6.07, 6.45) is 9.77. The largest absolute Gasteiger partial charge is 0.322 e. The van der Waals surface area contributed by atoms with E-state index < -0.39 is 0 Å². The summed E-state index contributed by atoms with van der Waals surface area (Å²) in [5, 5.41) is 2.94. The SMILES string of the molecule is Cc1cc(NC(=O)c2cnc3c(c2)ncn3C2CCCC2)ccc1N1CCCC1=O. The highest BCUT2D eigenvalue weighted by molar-refractivity contribution is 6.05. The molecule has 2 aromatic heterocycles. The van der Waals surface area contributed by atoms with Crippen LogP contribution >= 0.6 is 0 Å². The van der Waals surface area contributed by atoms with E-state index in [0.29, 0.717) is 23.7 Å².